The van der Waals surface area contributed by atoms with Crippen molar-refractivity contribution in [2.45, 2.75) is 42.9 Å². The van der Waals surface area contributed by atoms with Crippen molar-refractivity contribution in [3.05, 3.63) is 11.8 Å². The minimum atomic E-state index is -4.59. The second-order valence-electron chi connectivity index (χ2n) is 9.98. The molecule has 3 saturated carbocycles. The number of alkyl halides is 3. The van der Waals surface area contributed by atoms with Crippen LogP contribution in [-0.4, -0.2) is 103 Å². The molecule has 2 saturated heterocycles. The summed E-state index contributed by atoms with van der Waals surface area (Å²) in [6.07, 6.45) is -0.568. The molecule has 3 aliphatic carbocycles. The number of hydrogen-bond acceptors (Lipinski definition) is 8. The number of rotatable bonds is 8. The maximum absolute atomic E-state index is 13.5. The Balaban J connectivity index is 1.19. The summed E-state index contributed by atoms with van der Waals surface area (Å²) in [5, 5.41) is 6.04. The summed E-state index contributed by atoms with van der Waals surface area (Å²) in [5.74, 6) is -0.0960. The van der Waals surface area contributed by atoms with Crippen LogP contribution in [0.15, 0.2) is 6.20 Å². The first-order valence-electron chi connectivity index (χ1n) is 11.7. The number of nitrogens with one attached hydrogen (secondary N) is 3. The van der Waals surface area contributed by atoms with Crippen LogP contribution >= 0.6 is 0 Å². The summed E-state index contributed by atoms with van der Waals surface area (Å²) in [5.41, 5.74) is -0.858. The minimum absolute atomic E-state index is 0.141. The zero-order chi connectivity index (χ0) is 24.2. The molecule has 0 unspecified atom stereocenters. The van der Waals surface area contributed by atoms with Gasteiger partial charge in [0.05, 0.1) is 0 Å². The topological polar surface area (TPSA) is 106 Å². The smallest absolute Gasteiger partial charge is 0.369 e. The van der Waals surface area contributed by atoms with Crippen LogP contribution in [-0.2, 0) is 16.4 Å². The number of nitrogens with zero attached hydrogens (tertiary/aromatic N) is 5. The van der Waals surface area contributed by atoms with Crippen molar-refractivity contribution in [2.24, 2.45) is 0 Å². The molecule has 0 amide bonds. The van der Waals surface area contributed by atoms with E-state index in [1.54, 1.807) is 0 Å². The van der Waals surface area contributed by atoms with Gasteiger partial charge in [-0.2, -0.15) is 30.9 Å². The first-order valence-corrected chi connectivity index (χ1v) is 13.1. The van der Waals surface area contributed by atoms with Crippen molar-refractivity contribution in [1.82, 2.24) is 28.8 Å². The van der Waals surface area contributed by atoms with E-state index >= 15 is 0 Å². The van der Waals surface area contributed by atoms with Crippen LogP contribution in [0.25, 0.3) is 0 Å². The molecule has 5 fully saturated rings. The van der Waals surface area contributed by atoms with Gasteiger partial charge in [0.2, 0.25) is 5.95 Å². The fourth-order valence-electron chi connectivity index (χ4n) is 5.71. The van der Waals surface area contributed by atoms with Crippen LogP contribution in [0.2, 0.25) is 0 Å². The normalized spacial score (nSPS) is 31.6. The monoisotopic (exact) mass is 504 g/mol. The van der Waals surface area contributed by atoms with Crippen molar-refractivity contribution in [1.29, 1.82) is 0 Å². The maximum atomic E-state index is 13.5. The third-order valence-electron chi connectivity index (χ3n) is 7.51. The minimum Gasteiger partial charge on any atom is -0.369 e. The van der Waals surface area contributed by atoms with E-state index in [4.69, 9.17) is 0 Å². The van der Waals surface area contributed by atoms with Crippen LogP contribution in [0.5, 0.6) is 0 Å². The molecular weight excluding hydrogens is 473 g/mol. The summed E-state index contributed by atoms with van der Waals surface area (Å²) >= 11 is 0. The zero-order valence-electron chi connectivity index (χ0n) is 19.2. The van der Waals surface area contributed by atoms with E-state index in [-0.39, 0.29) is 35.9 Å². The van der Waals surface area contributed by atoms with Crippen LogP contribution < -0.4 is 15.4 Å². The second-order valence-corrected chi connectivity index (χ2v) is 11.7. The lowest BCUT2D eigenvalue weighted by molar-refractivity contribution is -0.160. The van der Waals surface area contributed by atoms with E-state index in [2.05, 4.69) is 42.2 Å². The Morgan fingerprint density at radius 2 is 1.85 bits per heavy atom. The third-order valence-corrected chi connectivity index (χ3v) is 9.12. The van der Waals surface area contributed by atoms with Crippen LogP contribution in [0, 0.1) is 0 Å². The van der Waals surface area contributed by atoms with Gasteiger partial charge in [0, 0.05) is 69.6 Å². The Labute approximate surface area is 197 Å². The van der Waals surface area contributed by atoms with Gasteiger partial charge in [-0.1, -0.05) is 0 Å². The zero-order valence-corrected chi connectivity index (χ0v) is 20.0. The second kappa shape index (κ2) is 8.43. The molecule has 6 rings (SSSR count). The highest BCUT2D eigenvalue weighted by Gasteiger charge is 2.70. The average Bonchev–Trinajstić information content (AvgIpc) is 3.05. The molecule has 34 heavy (non-hydrogen) atoms. The molecule has 1 aromatic heterocycles. The number of piperazine rings is 1. The highest BCUT2D eigenvalue weighted by atomic mass is 32.2. The largest absolute Gasteiger partial charge is 0.421 e. The van der Waals surface area contributed by atoms with E-state index in [1.807, 2.05) is 0 Å². The van der Waals surface area contributed by atoms with Gasteiger partial charge >= 0.3 is 6.18 Å². The highest BCUT2D eigenvalue weighted by molar-refractivity contribution is 7.87. The SMILES string of the molecule is CN1CCN(C23CC(Nc4ncc(C(F)(F)F)c(NCCCN5CCNS5(=O)=O)n4)(C2)C3)CC1. The summed E-state index contributed by atoms with van der Waals surface area (Å²) < 4.78 is 67.7. The van der Waals surface area contributed by atoms with E-state index in [1.165, 1.54) is 4.31 Å². The Kier molecular flexibility index (Phi) is 5.95. The fourth-order valence-corrected chi connectivity index (χ4v) is 6.94. The highest BCUT2D eigenvalue weighted by Crippen LogP contribution is 2.64. The van der Waals surface area contributed by atoms with Gasteiger partial charge in [-0.25, -0.2) is 9.71 Å². The number of anilines is 2. The van der Waals surface area contributed by atoms with Gasteiger partial charge in [0.25, 0.3) is 10.2 Å². The molecule has 0 radical (unpaired) electrons. The molecule has 0 atom stereocenters. The number of aromatic nitrogens is 2. The summed E-state index contributed by atoms with van der Waals surface area (Å²) in [6.45, 7) is 5.28. The first-order chi connectivity index (χ1) is 16.0. The van der Waals surface area contributed by atoms with Crippen LogP contribution in [0.4, 0.5) is 24.9 Å². The lowest BCUT2D eigenvalue weighted by Crippen LogP contribution is -2.82. The Morgan fingerprint density at radius 3 is 2.47 bits per heavy atom. The van der Waals surface area contributed by atoms with Crippen molar-refractivity contribution in [3.8, 4) is 0 Å². The van der Waals surface area contributed by atoms with Gasteiger partial charge < -0.3 is 15.5 Å². The predicted molar refractivity (Wildman–Crippen MR) is 121 cm³/mol. The summed E-state index contributed by atoms with van der Waals surface area (Å²) in [4.78, 5) is 13.0. The molecule has 190 valence electrons. The van der Waals surface area contributed by atoms with Gasteiger partial charge in [0.1, 0.15) is 11.4 Å². The lowest BCUT2D eigenvalue weighted by Gasteiger charge is -2.74. The van der Waals surface area contributed by atoms with Crippen molar-refractivity contribution in [3.63, 3.8) is 0 Å². The molecule has 2 bridgehead atoms. The van der Waals surface area contributed by atoms with Crippen LogP contribution in [0.3, 0.4) is 0 Å². The van der Waals surface area contributed by atoms with E-state index < -0.39 is 21.9 Å². The predicted octanol–water partition coefficient (Wildman–Crippen LogP) is 0.782. The van der Waals surface area contributed by atoms with Crippen LogP contribution in [0.1, 0.15) is 31.2 Å². The van der Waals surface area contributed by atoms with Gasteiger partial charge in [-0.05, 0) is 32.7 Å². The Hall–Kier alpha value is -1.74. The molecule has 14 heteroatoms. The molecule has 1 aromatic rings. The van der Waals surface area contributed by atoms with Gasteiger partial charge in [-0.3, -0.25) is 4.90 Å². The fraction of sp³-hybridized carbons (Fsp3) is 0.800. The van der Waals surface area contributed by atoms with Crippen molar-refractivity contribution < 1.29 is 21.6 Å². The van der Waals surface area contributed by atoms with Gasteiger partial charge in [-0.15, -0.1) is 0 Å². The Morgan fingerprint density at radius 1 is 1.15 bits per heavy atom. The van der Waals surface area contributed by atoms with E-state index in [0.717, 1.165) is 51.6 Å². The molecular formula is C20H31F3N8O2S. The average molecular weight is 505 g/mol. The molecule has 3 N–H and O–H groups in total. The molecule has 2 aliphatic heterocycles. The molecule has 10 nitrogen and oxygen atoms in total. The number of halogens is 3. The molecule has 0 spiro atoms. The van der Waals surface area contributed by atoms with Gasteiger partial charge in [0.15, 0.2) is 0 Å². The Bertz CT molecular complexity index is 1010. The molecule has 3 heterocycles. The van der Waals surface area contributed by atoms with E-state index in [9.17, 15) is 21.6 Å². The number of hydrogen-bond donors (Lipinski definition) is 3. The standard InChI is InChI=1S/C20H31F3N8O2S/c1-29-7-9-30(10-8-29)19-12-18(13-19,14-19)28-17-25-11-15(20(21,22)23)16(27-17)24-3-2-5-31-6-4-26-34(31,32)33/h11,26H,2-10,12-14H2,1H3,(H2,24,25,27,28). The summed E-state index contributed by atoms with van der Waals surface area (Å²) in [7, 11) is -1.34. The molecule has 5 aliphatic rings. The van der Waals surface area contributed by atoms with Crippen molar-refractivity contribution >= 4 is 22.0 Å². The lowest BCUT2D eigenvalue weighted by atomic mass is 9.43. The summed E-state index contributed by atoms with van der Waals surface area (Å²) in [6, 6.07) is 0. The molecule has 0 aromatic carbocycles. The number of likely N-dealkylation sites (N-methyl/N-ethyl adjacent to an activating group) is 1. The third kappa shape index (κ3) is 4.45. The first kappa shape index (κ1) is 24.0. The van der Waals surface area contributed by atoms with E-state index in [0.29, 0.717) is 19.5 Å². The quantitative estimate of drug-likeness (QED) is 0.446. The maximum Gasteiger partial charge on any atom is 0.421 e. The van der Waals surface area contributed by atoms with Crippen molar-refractivity contribution in [2.75, 3.05) is 70.0 Å².